The smallest absolute Gasteiger partial charge is 0.229 e. The number of rotatable bonds is 7. The molecular formula is C21H21FN2O2S. The Balaban J connectivity index is 1.55. The first-order valence-corrected chi connectivity index (χ1v) is 9.48. The molecular weight excluding hydrogens is 363 g/mol. The third-order valence-electron chi connectivity index (χ3n) is 4.22. The van der Waals surface area contributed by atoms with Gasteiger partial charge in [0.2, 0.25) is 5.91 Å². The summed E-state index contributed by atoms with van der Waals surface area (Å²) in [4.78, 5) is 17.8. The minimum absolute atomic E-state index is 0.0929. The Hall–Kier alpha value is -2.73. The monoisotopic (exact) mass is 384 g/mol. The maximum atomic E-state index is 13.0. The van der Waals surface area contributed by atoms with Crippen LogP contribution >= 0.6 is 11.3 Å². The number of nitrogens with zero attached hydrogens (tertiary/aromatic N) is 1. The third-order valence-corrected chi connectivity index (χ3v) is 5.14. The molecule has 1 N–H and O–H groups in total. The minimum Gasteiger partial charge on any atom is -0.497 e. The van der Waals surface area contributed by atoms with Crippen molar-refractivity contribution in [3.63, 3.8) is 0 Å². The van der Waals surface area contributed by atoms with Crippen molar-refractivity contribution in [2.75, 3.05) is 12.4 Å². The molecule has 3 rings (SSSR count). The molecule has 140 valence electrons. The van der Waals surface area contributed by atoms with E-state index in [4.69, 9.17) is 4.74 Å². The molecule has 4 nitrogen and oxygen atoms in total. The van der Waals surface area contributed by atoms with Crippen molar-refractivity contribution in [1.82, 2.24) is 4.98 Å². The van der Waals surface area contributed by atoms with E-state index >= 15 is 0 Å². The Morgan fingerprint density at radius 2 is 1.81 bits per heavy atom. The Bertz CT molecular complexity index is 891. The van der Waals surface area contributed by atoms with Crippen LogP contribution in [0.4, 0.5) is 9.52 Å². The second-order valence-electron chi connectivity index (χ2n) is 6.38. The zero-order valence-corrected chi connectivity index (χ0v) is 16.1. The van der Waals surface area contributed by atoms with Crippen LogP contribution in [0.5, 0.6) is 5.75 Å². The summed E-state index contributed by atoms with van der Waals surface area (Å²) in [5.74, 6) is 0.225. The Morgan fingerprint density at radius 1 is 1.15 bits per heavy atom. The molecule has 0 aliphatic heterocycles. The van der Waals surface area contributed by atoms with Gasteiger partial charge >= 0.3 is 0 Å². The Kier molecular flexibility index (Phi) is 6.19. The Labute approximate surface area is 162 Å². The standard InChI is InChI=1S/C21H21FN2O2S/c1-14(11-15-3-7-17(22)8-4-15)20(25)24-21-23-13-19(27-21)12-16-5-9-18(26-2)10-6-16/h3-10,13-14H,11-12H2,1-2H3,(H,23,24,25). The largest absolute Gasteiger partial charge is 0.497 e. The topological polar surface area (TPSA) is 51.2 Å². The predicted molar refractivity (Wildman–Crippen MR) is 106 cm³/mol. The molecule has 6 heteroatoms. The number of halogens is 1. The van der Waals surface area contributed by atoms with Crippen LogP contribution in [0, 0.1) is 11.7 Å². The van der Waals surface area contributed by atoms with Crippen molar-refractivity contribution in [3.05, 3.63) is 76.5 Å². The molecule has 1 aromatic heterocycles. The highest BCUT2D eigenvalue weighted by molar-refractivity contribution is 7.15. The lowest BCUT2D eigenvalue weighted by atomic mass is 10.0. The number of carbonyl (C=O) groups excluding carboxylic acids is 1. The molecule has 0 spiro atoms. The minimum atomic E-state index is -0.275. The fourth-order valence-corrected chi connectivity index (χ4v) is 3.54. The molecule has 0 saturated heterocycles. The van der Waals surface area contributed by atoms with Gasteiger partial charge < -0.3 is 10.1 Å². The predicted octanol–water partition coefficient (Wildman–Crippen LogP) is 4.70. The summed E-state index contributed by atoms with van der Waals surface area (Å²) >= 11 is 1.47. The molecule has 27 heavy (non-hydrogen) atoms. The van der Waals surface area contributed by atoms with E-state index in [1.54, 1.807) is 25.4 Å². The molecule has 1 atom stereocenters. The lowest BCUT2D eigenvalue weighted by Gasteiger charge is -2.10. The number of amides is 1. The maximum absolute atomic E-state index is 13.0. The molecule has 0 fully saturated rings. The summed E-state index contributed by atoms with van der Waals surface area (Å²) in [5, 5.41) is 3.46. The highest BCUT2D eigenvalue weighted by Gasteiger charge is 2.15. The number of methoxy groups -OCH3 is 1. The van der Waals surface area contributed by atoms with Crippen molar-refractivity contribution < 1.29 is 13.9 Å². The first-order valence-electron chi connectivity index (χ1n) is 8.66. The first kappa shape index (κ1) is 19.0. The van der Waals surface area contributed by atoms with Crippen LogP contribution in [-0.4, -0.2) is 18.0 Å². The van der Waals surface area contributed by atoms with E-state index in [0.29, 0.717) is 11.6 Å². The highest BCUT2D eigenvalue weighted by Crippen LogP contribution is 2.23. The number of aromatic nitrogens is 1. The van der Waals surface area contributed by atoms with Crippen LogP contribution in [0.25, 0.3) is 0 Å². The molecule has 1 amide bonds. The van der Waals surface area contributed by atoms with E-state index in [2.05, 4.69) is 10.3 Å². The number of benzene rings is 2. The van der Waals surface area contributed by atoms with E-state index in [-0.39, 0.29) is 17.6 Å². The molecule has 2 aromatic carbocycles. The van der Waals surface area contributed by atoms with Crippen molar-refractivity contribution in [1.29, 1.82) is 0 Å². The second-order valence-corrected chi connectivity index (χ2v) is 7.49. The summed E-state index contributed by atoms with van der Waals surface area (Å²) in [6.07, 6.45) is 3.09. The van der Waals surface area contributed by atoms with Gasteiger partial charge in [0, 0.05) is 23.4 Å². The third kappa shape index (κ3) is 5.37. The number of thiazole rings is 1. The van der Waals surface area contributed by atoms with Gasteiger partial charge in [0.05, 0.1) is 7.11 Å². The Morgan fingerprint density at radius 3 is 2.48 bits per heavy atom. The van der Waals surface area contributed by atoms with Crippen LogP contribution < -0.4 is 10.1 Å². The molecule has 1 heterocycles. The number of anilines is 1. The van der Waals surface area contributed by atoms with Gasteiger partial charge in [-0.25, -0.2) is 9.37 Å². The summed E-state index contributed by atoms with van der Waals surface area (Å²) in [6.45, 7) is 1.85. The zero-order chi connectivity index (χ0) is 19.2. The first-order chi connectivity index (χ1) is 13.0. The number of hydrogen-bond donors (Lipinski definition) is 1. The van der Waals surface area contributed by atoms with Crippen molar-refractivity contribution in [2.24, 2.45) is 5.92 Å². The van der Waals surface area contributed by atoms with Crippen molar-refractivity contribution >= 4 is 22.4 Å². The molecule has 3 aromatic rings. The van der Waals surface area contributed by atoms with Crippen LogP contribution in [-0.2, 0) is 17.6 Å². The van der Waals surface area contributed by atoms with E-state index in [9.17, 15) is 9.18 Å². The fraction of sp³-hybridized carbons (Fsp3) is 0.238. The van der Waals surface area contributed by atoms with Crippen LogP contribution in [0.3, 0.4) is 0 Å². The SMILES string of the molecule is COc1ccc(Cc2cnc(NC(=O)C(C)Cc3ccc(F)cc3)s2)cc1. The average molecular weight is 384 g/mol. The van der Waals surface area contributed by atoms with Gasteiger partial charge in [-0.05, 0) is 41.8 Å². The summed E-state index contributed by atoms with van der Waals surface area (Å²) < 4.78 is 18.1. The van der Waals surface area contributed by atoms with Gasteiger partial charge in [-0.3, -0.25) is 4.79 Å². The van der Waals surface area contributed by atoms with Crippen molar-refractivity contribution in [3.8, 4) is 5.75 Å². The average Bonchev–Trinajstić information content (AvgIpc) is 3.11. The summed E-state index contributed by atoms with van der Waals surface area (Å²) in [7, 11) is 1.64. The number of carbonyl (C=O) groups is 1. The molecule has 0 bridgehead atoms. The van der Waals surface area contributed by atoms with Crippen LogP contribution in [0.1, 0.15) is 22.9 Å². The van der Waals surface area contributed by atoms with Gasteiger partial charge in [0.25, 0.3) is 0 Å². The van der Waals surface area contributed by atoms with Crippen molar-refractivity contribution in [2.45, 2.75) is 19.8 Å². The van der Waals surface area contributed by atoms with Gasteiger partial charge in [-0.2, -0.15) is 0 Å². The molecule has 0 radical (unpaired) electrons. The van der Waals surface area contributed by atoms with E-state index < -0.39 is 0 Å². The van der Waals surface area contributed by atoms with Crippen LogP contribution in [0.15, 0.2) is 54.7 Å². The lowest BCUT2D eigenvalue weighted by Crippen LogP contribution is -2.22. The number of ether oxygens (including phenoxy) is 1. The summed E-state index contributed by atoms with van der Waals surface area (Å²) in [6, 6.07) is 14.1. The molecule has 0 saturated carbocycles. The molecule has 1 unspecified atom stereocenters. The normalized spacial score (nSPS) is 11.8. The maximum Gasteiger partial charge on any atom is 0.229 e. The lowest BCUT2D eigenvalue weighted by molar-refractivity contribution is -0.119. The van der Waals surface area contributed by atoms with Gasteiger partial charge in [-0.1, -0.05) is 31.2 Å². The summed E-state index contributed by atoms with van der Waals surface area (Å²) in [5.41, 5.74) is 2.08. The number of nitrogens with one attached hydrogen (secondary N) is 1. The fourth-order valence-electron chi connectivity index (χ4n) is 2.69. The second kappa shape index (κ2) is 8.77. The van der Waals surface area contributed by atoms with E-state index in [1.165, 1.54) is 23.5 Å². The quantitative estimate of drug-likeness (QED) is 0.642. The highest BCUT2D eigenvalue weighted by atomic mass is 32.1. The number of hydrogen-bond acceptors (Lipinski definition) is 4. The molecule has 0 aliphatic carbocycles. The van der Waals surface area contributed by atoms with Crippen LogP contribution in [0.2, 0.25) is 0 Å². The van der Waals surface area contributed by atoms with E-state index in [0.717, 1.165) is 28.2 Å². The van der Waals surface area contributed by atoms with E-state index in [1.807, 2.05) is 31.2 Å². The zero-order valence-electron chi connectivity index (χ0n) is 15.2. The van der Waals surface area contributed by atoms with Gasteiger partial charge in [0.15, 0.2) is 5.13 Å². The molecule has 0 aliphatic rings. The van der Waals surface area contributed by atoms with Gasteiger partial charge in [0.1, 0.15) is 11.6 Å². The van der Waals surface area contributed by atoms with Gasteiger partial charge in [-0.15, -0.1) is 11.3 Å².